The van der Waals surface area contributed by atoms with Crippen LogP contribution in [0.2, 0.25) is 0 Å². The Morgan fingerprint density at radius 1 is 1.27 bits per heavy atom. The number of amides is 1. The van der Waals surface area contributed by atoms with E-state index in [0.29, 0.717) is 12.1 Å². The van der Waals surface area contributed by atoms with E-state index in [2.05, 4.69) is 16.8 Å². The Morgan fingerprint density at radius 2 is 1.94 bits per heavy atom. The molecular formula is C24H29N3O5S. The van der Waals surface area contributed by atoms with Crippen LogP contribution in [-0.2, 0) is 14.8 Å². The van der Waals surface area contributed by atoms with Gasteiger partial charge < -0.3 is 14.7 Å². The Balaban J connectivity index is 2.08. The molecule has 33 heavy (non-hydrogen) atoms. The number of aromatic nitrogens is 1. The lowest BCUT2D eigenvalue weighted by molar-refractivity contribution is -0.129. The quantitative estimate of drug-likeness (QED) is 0.682. The molecule has 0 bridgehead atoms. The zero-order valence-electron chi connectivity index (χ0n) is 19.2. The van der Waals surface area contributed by atoms with Crippen molar-refractivity contribution < 1.29 is 23.1 Å². The summed E-state index contributed by atoms with van der Waals surface area (Å²) in [6.45, 7) is 5.16. The number of nitrogens with zero attached hydrogens (tertiary/aromatic N) is 3. The Labute approximate surface area is 195 Å². The van der Waals surface area contributed by atoms with Gasteiger partial charge in [-0.1, -0.05) is 18.8 Å². The highest BCUT2D eigenvalue weighted by Crippen LogP contribution is 2.34. The van der Waals surface area contributed by atoms with Gasteiger partial charge in [-0.05, 0) is 37.3 Å². The number of sulfonamides is 1. The van der Waals surface area contributed by atoms with Crippen LogP contribution in [0.4, 0.5) is 0 Å². The minimum Gasteiger partial charge on any atom is -0.487 e. The molecule has 1 aliphatic rings. The van der Waals surface area contributed by atoms with E-state index in [1.54, 1.807) is 55.5 Å². The molecule has 2 heterocycles. The predicted molar refractivity (Wildman–Crippen MR) is 124 cm³/mol. The molecule has 1 N–H and O–H groups in total. The highest BCUT2D eigenvalue weighted by molar-refractivity contribution is 7.89. The van der Waals surface area contributed by atoms with Crippen LogP contribution in [0.15, 0.2) is 47.6 Å². The molecule has 0 saturated heterocycles. The zero-order valence-corrected chi connectivity index (χ0v) is 20.0. The topological polar surface area (TPSA) is 100 Å². The first-order chi connectivity index (χ1) is 15.6. The third-order valence-corrected chi connectivity index (χ3v) is 7.71. The lowest BCUT2D eigenvalue weighted by Gasteiger charge is -2.37. The maximum absolute atomic E-state index is 13.5. The van der Waals surface area contributed by atoms with Gasteiger partial charge >= 0.3 is 0 Å². The molecule has 3 atom stereocenters. The fraction of sp³-hybridized carbons (Fsp3) is 0.417. The second kappa shape index (κ2) is 10.3. The monoisotopic (exact) mass is 471 g/mol. The number of fused-ring (bicyclic) bond motifs is 1. The van der Waals surface area contributed by atoms with Gasteiger partial charge in [-0.2, -0.15) is 4.31 Å². The summed E-state index contributed by atoms with van der Waals surface area (Å²) in [5.74, 6) is 5.89. The highest BCUT2D eigenvalue weighted by atomic mass is 32.2. The van der Waals surface area contributed by atoms with Gasteiger partial charge in [-0.25, -0.2) is 8.42 Å². The first kappa shape index (κ1) is 24.7. The number of aliphatic hydroxyl groups excluding tert-OH is 1. The molecule has 0 fully saturated rings. The van der Waals surface area contributed by atoms with Gasteiger partial charge in [0.2, 0.25) is 15.9 Å². The van der Waals surface area contributed by atoms with Gasteiger partial charge in [0.25, 0.3) is 0 Å². The lowest BCUT2D eigenvalue weighted by Crippen LogP contribution is -2.50. The van der Waals surface area contributed by atoms with Crippen molar-refractivity contribution >= 4 is 15.9 Å². The first-order valence-electron chi connectivity index (χ1n) is 10.7. The summed E-state index contributed by atoms with van der Waals surface area (Å²) in [6.07, 6.45) is 2.84. The first-order valence-corrected chi connectivity index (χ1v) is 12.1. The number of likely N-dealkylation sites (N-methyl/N-ethyl adjacent to an activating group) is 1. The van der Waals surface area contributed by atoms with Crippen LogP contribution in [0.25, 0.3) is 0 Å². The number of carbonyl (C=O) groups excluding carboxylic acids is 1. The summed E-state index contributed by atoms with van der Waals surface area (Å²) in [4.78, 5) is 17.4. The molecule has 1 aromatic heterocycles. The fourth-order valence-corrected chi connectivity index (χ4v) is 5.33. The van der Waals surface area contributed by atoms with Gasteiger partial charge in [0.05, 0.1) is 13.2 Å². The standard InChI is InChI=1S/C24H29N3O5S/c1-17-14-27(18(2)16-28)33(30,31)24-8-7-21(6-5-20-9-11-25-12-10-20)13-22(24)32-23(17)15-26(4)19(3)29/h7-13,17-18,23,28H,14-16H2,1-4H3/t17-,18-,23-/m1/s1. The SMILES string of the molecule is CC(=O)N(C)C[C@H]1Oc2cc(C#Cc3ccncc3)ccc2S(=O)(=O)N([C@H](C)CO)C[C@H]1C. The second-order valence-corrected chi connectivity index (χ2v) is 10.1. The van der Waals surface area contributed by atoms with Crippen LogP contribution in [0.1, 0.15) is 31.9 Å². The van der Waals surface area contributed by atoms with E-state index in [1.165, 1.54) is 17.3 Å². The van der Waals surface area contributed by atoms with E-state index in [0.717, 1.165) is 5.56 Å². The van der Waals surface area contributed by atoms with Crippen molar-refractivity contribution in [2.75, 3.05) is 26.7 Å². The number of hydrogen-bond donors (Lipinski definition) is 1. The fourth-order valence-electron chi connectivity index (χ4n) is 3.50. The normalized spacial score (nSPS) is 20.8. The highest BCUT2D eigenvalue weighted by Gasteiger charge is 2.38. The molecule has 176 valence electrons. The van der Waals surface area contributed by atoms with Gasteiger partial charge in [0.1, 0.15) is 16.7 Å². The number of pyridine rings is 1. The lowest BCUT2D eigenvalue weighted by atomic mass is 10.0. The molecule has 0 radical (unpaired) electrons. The molecule has 1 aliphatic heterocycles. The number of carbonyl (C=O) groups is 1. The van der Waals surface area contributed by atoms with Gasteiger partial charge in [-0.3, -0.25) is 9.78 Å². The van der Waals surface area contributed by atoms with Crippen molar-refractivity contribution in [2.24, 2.45) is 5.92 Å². The van der Waals surface area contributed by atoms with Crippen LogP contribution in [0.5, 0.6) is 5.75 Å². The Bertz CT molecular complexity index is 1160. The van der Waals surface area contributed by atoms with E-state index in [9.17, 15) is 18.3 Å². The van der Waals surface area contributed by atoms with Gasteiger partial charge in [0, 0.05) is 56.0 Å². The minimum atomic E-state index is -3.93. The van der Waals surface area contributed by atoms with Crippen molar-refractivity contribution in [3.63, 3.8) is 0 Å². The Hall–Kier alpha value is -2.93. The van der Waals surface area contributed by atoms with Crippen LogP contribution in [0, 0.1) is 17.8 Å². The summed E-state index contributed by atoms with van der Waals surface area (Å²) in [7, 11) is -2.25. The smallest absolute Gasteiger partial charge is 0.247 e. The van der Waals surface area contributed by atoms with Gasteiger partial charge in [-0.15, -0.1) is 0 Å². The molecule has 0 spiro atoms. The Kier molecular flexibility index (Phi) is 7.74. The summed E-state index contributed by atoms with van der Waals surface area (Å²) in [5, 5.41) is 9.71. The minimum absolute atomic E-state index is 0.0136. The molecule has 2 aromatic rings. The van der Waals surface area contributed by atoms with Crippen molar-refractivity contribution in [1.82, 2.24) is 14.2 Å². The maximum Gasteiger partial charge on any atom is 0.247 e. The van der Waals surface area contributed by atoms with Crippen LogP contribution < -0.4 is 4.74 Å². The van der Waals surface area contributed by atoms with Crippen molar-refractivity contribution in [3.05, 3.63) is 53.9 Å². The number of hydrogen-bond acceptors (Lipinski definition) is 6. The molecule has 8 nitrogen and oxygen atoms in total. The van der Waals surface area contributed by atoms with E-state index in [1.807, 2.05) is 6.92 Å². The van der Waals surface area contributed by atoms with E-state index >= 15 is 0 Å². The van der Waals surface area contributed by atoms with E-state index < -0.39 is 22.2 Å². The van der Waals surface area contributed by atoms with Crippen molar-refractivity contribution in [2.45, 2.75) is 37.8 Å². The maximum atomic E-state index is 13.5. The molecule has 1 aromatic carbocycles. The summed E-state index contributed by atoms with van der Waals surface area (Å²) in [6, 6.07) is 7.69. The second-order valence-electron chi connectivity index (χ2n) is 8.29. The molecule has 3 rings (SSSR count). The molecule has 9 heteroatoms. The molecular weight excluding hydrogens is 442 g/mol. The van der Waals surface area contributed by atoms with Gasteiger partial charge in [0.15, 0.2) is 0 Å². The molecule has 0 aliphatic carbocycles. The van der Waals surface area contributed by atoms with Crippen LogP contribution in [-0.4, -0.2) is 72.5 Å². The van der Waals surface area contributed by atoms with Crippen LogP contribution in [0.3, 0.4) is 0 Å². The number of aliphatic hydroxyl groups is 1. The predicted octanol–water partition coefficient (Wildman–Crippen LogP) is 1.73. The summed E-state index contributed by atoms with van der Waals surface area (Å²) >= 11 is 0. The zero-order chi connectivity index (χ0) is 24.2. The Morgan fingerprint density at radius 3 is 2.58 bits per heavy atom. The van der Waals surface area contributed by atoms with Crippen molar-refractivity contribution in [3.8, 4) is 17.6 Å². The number of ether oxygens (including phenoxy) is 1. The third kappa shape index (κ3) is 5.71. The summed E-state index contributed by atoms with van der Waals surface area (Å²) < 4.78 is 34.5. The average Bonchev–Trinajstić information content (AvgIpc) is 2.79. The summed E-state index contributed by atoms with van der Waals surface area (Å²) in [5.41, 5.74) is 1.37. The van der Waals surface area contributed by atoms with Crippen molar-refractivity contribution in [1.29, 1.82) is 0 Å². The molecule has 1 amide bonds. The van der Waals surface area contributed by atoms with Crippen LogP contribution >= 0.6 is 0 Å². The molecule has 0 saturated carbocycles. The van der Waals surface area contributed by atoms with E-state index in [4.69, 9.17) is 4.74 Å². The van der Waals surface area contributed by atoms with E-state index in [-0.39, 0.29) is 35.6 Å². The average molecular weight is 472 g/mol. The number of rotatable bonds is 4. The molecule has 0 unspecified atom stereocenters. The number of benzene rings is 1. The third-order valence-electron chi connectivity index (χ3n) is 5.69. The largest absolute Gasteiger partial charge is 0.487 e.